The van der Waals surface area contributed by atoms with Crippen LogP contribution in [0.1, 0.15) is 5.56 Å². The first kappa shape index (κ1) is 11.7. The van der Waals surface area contributed by atoms with Gasteiger partial charge in [-0.15, -0.1) is 0 Å². The number of hydrogen-bond donors (Lipinski definition) is 0. The van der Waals surface area contributed by atoms with Gasteiger partial charge in [0.2, 0.25) is 0 Å². The minimum atomic E-state index is -0.441. The Labute approximate surface area is 118 Å². The van der Waals surface area contributed by atoms with Gasteiger partial charge in [0.1, 0.15) is 5.65 Å². The van der Waals surface area contributed by atoms with Crippen LogP contribution >= 0.6 is 0 Å². The number of benzene rings is 1. The summed E-state index contributed by atoms with van der Waals surface area (Å²) in [5.41, 5.74) is 4.02. The van der Waals surface area contributed by atoms with E-state index in [-0.39, 0.29) is 5.69 Å². The van der Waals surface area contributed by atoms with Crippen molar-refractivity contribution in [2.24, 2.45) is 0 Å². The van der Waals surface area contributed by atoms with Crippen LogP contribution in [-0.4, -0.2) is 24.3 Å². The summed E-state index contributed by atoms with van der Waals surface area (Å²) in [6, 6.07) is 8.31. The predicted molar refractivity (Wildman–Crippen MR) is 77.2 cm³/mol. The number of nitro groups is 1. The van der Waals surface area contributed by atoms with E-state index >= 15 is 0 Å². The number of nitrogens with zero attached hydrogens (tertiary/aromatic N) is 5. The lowest BCUT2D eigenvalue weighted by Gasteiger charge is -1.98. The quantitative estimate of drug-likeness (QED) is 0.395. The van der Waals surface area contributed by atoms with Gasteiger partial charge in [-0.2, -0.15) is 0 Å². The molecule has 1 aromatic carbocycles. The summed E-state index contributed by atoms with van der Waals surface area (Å²) >= 11 is 0. The number of non-ortho nitro benzene ring substituents is 1. The van der Waals surface area contributed by atoms with Crippen molar-refractivity contribution >= 4 is 33.7 Å². The van der Waals surface area contributed by atoms with Gasteiger partial charge in [-0.25, -0.2) is 15.0 Å². The molecule has 4 aromatic rings. The Kier molecular flexibility index (Phi) is 2.20. The van der Waals surface area contributed by atoms with Crippen LogP contribution in [0.4, 0.5) is 5.69 Å². The zero-order valence-corrected chi connectivity index (χ0v) is 11.0. The number of aryl methyl sites for hydroxylation is 1. The van der Waals surface area contributed by atoms with Crippen molar-refractivity contribution in [3.63, 3.8) is 0 Å². The molecule has 0 radical (unpaired) electrons. The van der Waals surface area contributed by atoms with Gasteiger partial charge in [-0.05, 0) is 24.6 Å². The molecule has 0 unspecified atom stereocenters. The molecule has 0 saturated carbocycles. The summed E-state index contributed by atoms with van der Waals surface area (Å²) in [7, 11) is 0. The molecule has 0 saturated heterocycles. The standard InChI is InChI=1S/C14H9N5O2/c1-8-3-2-6-18-13(8)17-12-14(18)16-11-7-9(19(20)21)4-5-10(11)15-12/h2-7H,1H3. The first-order chi connectivity index (χ1) is 10.1. The second kappa shape index (κ2) is 3.95. The highest BCUT2D eigenvalue weighted by Crippen LogP contribution is 2.22. The molecule has 0 amide bonds. The average molecular weight is 279 g/mol. The molecule has 7 nitrogen and oxygen atoms in total. The van der Waals surface area contributed by atoms with Gasteiger partial charge < -0.3 is 0 Å². The molecule has 0 atom stereocenters. The lowest BCUT2D eigenvalue weighted by Crippen LogP contribution is -1.92. The van der Waals surface area contributed by atoms with Crippen LogP contribution in [0.25, 0.3) is 28.0 Å². The van der Waals surface area contributed by atoms with E-state index in [1.165, 1.54) is 12.1 Å². The highest BCUT2D eigenvalue weighted by molar-refractivity contribution is 5.86. The zero-order valence-electron chi connectivity index (χ0n) is 11.0. The number of rotatable bonds is 1. The second-order valence-corrected chi connectivity index (χ2v) is 4.80. The molecule has 0 aliphatic rings. The third-order valence-corrected chi connectivity index (χ3v) is 3.42. The van der Waals surface area contributed by atoms with Gasteiger partial charge in [0.05, 0.1) is 16.0 Å². The molecule has 0 aliphatic carbocycles. The van der Waals surface area contributed by atoms with Crippen molar-refractivity contribution in [1.29, 1.82) is 0 Å². The molecule has 4 rings (SSSR count). The smallest absolute Gasteiger partial charge is 0.271 e. The zero-order chi connectivity index (χ0) is 14.6. The van der Waals surface area contributed by atoms with Crippen LogP contribution in [0, 0.1) is 17.0 Å². The second-order valence-electron chi connectivity index (χ2n) is 4.80. The highest BCUT2D eigenvalue weighted by atomic mass is 16.6. The molecule has 21 heavy (non-hydrogen) atoms. The third kappa shape index (κ3) is 1.64. The Morgan fingerprint density at radius 3 is 2.76 bits per heavy atom. The minimum Gasteiger partial charge on any atom is -0.282 e. The fraction of sp³-hybridized carbons (Fsp3) is 0.0714. The molecule has 0 fully saturated rings. The van der Waals surface area contributed by atoms with Gasteiger partial charge in [-0.3, -0.25) is 14.5 Å². The maximum Gasteiger partial charge on any atom is 0.271 e. The first-order valence-corrected chi connectivity index (χ1v) is 6.33. The van der Waals surface area contributed by atoms with E-state index in [2.05, 4.69) is 15.0 Å². The normalized spacial score (nSPS) is 11.5. The van der Waals surface area contributed by atoms with E-state index in [0.717, 1.165) is 11.2 Å². The van der Waals surface area contributed by atoms with Crippen molar-refractivity contribution in [2.75, 3.05) is 0 Å². The van der Waals surface area contributed by atoms with Gasteiger partial charge in [0, 0.05) is 18.3 Å². The Hall–Kier alpha value is -3.09. The molecule has 0 spiro atoms. The van der Waals surface area contributed by atoms with Crippen LogP contribution in [0.2, 0.25) is 0 Å². The molecule has 7 heteroatoms. The predicted octanol–water partition coefficient (Wildman–Crippen LogP) is 2.65. The maximum atomic E-state index is 10.9. The van der Waals surface area contributed by atoms with Crippen molar-refractivity contribution in [3.8, 4) is 0 Å². The van der Waals surface area contributed by atoms with E-state index in [1.54, 1.807) is 6.07 Å². The van der Waals surface area contributed by atoms with Crippen LogP contribution in [0.3, 0.4) is 0 Å². The molecule has 102 valence electrons. The SMILES string of the molecule is Cc1cccn2c1nc1nc3ccc([N+](=O)[O-])cc3nc12. The van der Waals surface area contributed by atoms with Crippen molar-refractivity contribution < 1.29 is 4.92 Å². The summed E-state index contributed by atoms with van der Waals surface area (Å²) in [4.78, 5) is 23.8. The number of imidazole rings is 1. The Balaban J connectivity index is 2.14. The molecule has 0 bridgehead atoms. The van der Waals surface area contributed by atoms with E-state index in [1.807, 2.05) is 29.7 Å². The van der Waals surface area contributed by atoms with Crippen molar-refractivity contribution in [3.05, 3.63) is 52.2 Å². The summed E-state index contributed by atoms with van der Waals surface area (Å²) < 4.78 is 1.84. The summed E-state index contributed by atoms with van der Waals surface area (Å²) in [6.45, 7) is 1.96. The minimum absolute atomic E-state index is 0.00107. The largest absolute Gasteiger partial charge is 0.282 e. The number of nitro benzene ring substituents is 1. The van der Waals surface area contributed by atoms with Gasteiger partial charge in [-0.1, -0.05) is 6.07 Å². The monoisotopic (exact) mass is 279 g/mol. The lowest BCUT2D eigenvalue weighted by molar-refractivity contribution is -0.384. The van der Waals surface area contributed by atoms with Crippen molar-refractivity contribution in [2.45, 2.75) is 6.92 Å². The summed E-state index contributed by atoms with van der Waals surface area (Å²) in [5, 5.41) is 10.9. The van der Waals surface area contributed by atoms with E-state index in [4.69, 9.17) is 0 Å². The van der Waals surface area contributed by atoms with Crippen molar-refractivity contribution in [1.82, 2.24) is 19.4 Å². The maximum absolute atomic E-state index is 10.9. The average Bonchev–Trinajstić information content (AvgIpc) is 2.83. The van der Waals surface area contributed by atoms with E-state index < -0.39 is 4.92 Å². The Morgan fingerprint density at radius 1 is 1.10 bits per heavy atom. The number of aromatic nitrogens is 4. The fourth-order valence-electron chi connectivity index (χ4n) is 2.40. The topological polar surface area (TPSA) is 86.2 Å². The van der Waals surface area contributed by atoms with E-state index in [0.29, 0.717) is 22.3 Å². The van der Waals surface area contributed by atoms with Crippen LogP contribution in [-0.2, 0) is 0 Å². The van der Waals surface area contributed by atoms with Crippen LogP contribution in [0.5, 0.6) is 0 Å². The fourth-order valence-corrected chi connectivity index (χ4v) is 2.40. The number of fused-ring (bicyclic) bond motifs is 4. The number of pyridine rings is 1. The van der Waals surface area contributed by atoms with Gasteiger partial charge in [0.25, 0.3) is 5.69 Å². The van der Waals surface area contributed by atoms with Crippen LogP contribution in [0.15, 0.2) is 36.5 Å². The molecule has 3 aromatic heterocycles. The highest BCUT2D eigenvalue weighted by Gasteiger charge is 2.13. The Morgan fingerprint density at radius 2 is 1.95 bits per heavy atom. The Bertz CT molecular complexity index is 1040. The number of hydrogen-bond acceptors (Lipinski definition) is 5. The summed E-state index contributed by atoms with van der Waals surface area (Å²) in [6.07, 6.45) is 1.86. The lowest BCUT2D eigenvalue weighted by atomic mass is 10.2. The first-order valence-electron chi connectivity index (χ1n) is 6.33. The third-order valence-electron chi connectivity index (χ3n) is 3.42. The molecular formula is C14H9N5O2. The molecule has 3 heterocycles. The van der Waals surface area contributed by atoms with Gasteiger partial charge in [0.15, 0.2) is 11.3 Å². The van der Waals surface area contributed by atoms with Crippen LogP contribution < -0.4 is 0 Å². The molecule has 0 N–H and O–H groups in total. The van der Waals surface area contributed by atoms with E-state index in [9.17, 15) is 10.1 Å². The molecule has 0 aliphatic heterocycles. The van der Waals surface area contributed by atoms with Gasteiger partial charge >= 0.3 is 0 Å². The summed E-state index contributed by atoms with van der Waals surface area (Å²) in [5.74, 6) is 0. The molecular weight excluding hydrogens is 270 g/mol.